The number of anilines is 1. The number of pyridine rings is 2. The van der Waals surface area contributed by atoms with Gasteiger partial charge in [0.2, 0.25) is 5.43 Å². The molecule has 4 aromatic heterocycles. The maximum Gasteiger partial charge on any atom is 0.258 e. The van der Waals surface area contributed by atoms with Gasteiger partial charge in [0.05, 0.1) is 34.2 Å². The van der Waals surface area contributed by atoms with Gasteiger partial charge in [-0.1, -0.05) is 12.1 Å². The molecule has 1 aromatic carbocycles. The molecule has 5 aromatic rings. The van der Waals surface area contributed by atoms with Crippen LogP contribution in [0.15, 0.2) is 53.7 Å². The average molecular weight is 502 g/mol. The van der Waals surface area contributed by atoms with E-state index in [-0.39, 0.29) is 17.5 Å². The summed E-state index contributed by atoms with van der Waals surface area (Å²) in [7, 11) is 4.01. The van der Waals surface area contributed by atoms with Gasteiger partial charge in [0, 0.05) is 32.9 Å². The first kappa shape index (κ1) is 22.7. The molecule has 0 unspecified atom stereocenters. The van der Waals surface area contributed by atoms with Crippen LogP contribution in [0.5, 0.6) is 0 Å². The minimum Gasteiger partial charge on any atom is -0.355 e. The normalized spacial score (nSPS) is 15.1. The number of likely N-dealkylation sites (N-methyl/N-ethyl adjacent to an activating group) is 1. The number of carbonyl (C=O) groups is 1. The minimum absolute atomic E-state index is 0.150. The van der Waals surface area contributed by atoms with E-state index in [9.17, 15) is 9.59 Å². The quantitative estimate of drug-likeness (QED) is 0.408. The number of imidazole rings is 1. The van der Waals surface area contributed by atoms with Crippen molar-refractivity contribution >= 4 is 49.1 Å². The second-order valence-corrected chi connectivity index (χ2v) is 10.3. The zero-order chi connectivity index (χ0) is 24.8. The van der Waals surface area contributed by atoms with Crippen molar-refractivity contribution in [1.29, 1.82) is 0 Å². The summed E-state index contributed by atoms with van der Waals surface area (Å²) in [5.74, 6) is 0.460. The van der Waals surface area contributed by atoms with Gasteiger partial charge in [0.1, 0.15) is 16.2 Å². The topological polar surface area (TPSA) is 87.8 Å². The van der Waals surface area contributed by atoms with Crippen molar-refractivity contribution in [3.8, 4) is 0 Å². The molecule has 1 saturated heterocycles. The fourth-order valence-electron chi connectivity index (χ4n) is 4.84. The van der Waals surface area contributed by atoms with E-state index < -0.39 is 5.91 Å². The van der Waals surface area contributed by atoms with E-state index in [0.29, 0.717) is 15.9 Å². The first-order valence-corrected chi connectivity index (χ1v) is 12.9. The van der Waals surface area contributed by atoms with Gasteiger partial charge in [-0.25, -0.2) is 9.97 Å². The molecule has 0 radical (unpaired) electrons. The zero-order valence-corrected chi connectivity index (χ0v) is 21.1. The molecule has 0 spiro atoms. The number of hydrogen-bond acceptors (Lipinski definition) is 7. The minimum atomic E-state index is -0.396. The van der Waals surface area contributed by atoms with Gasteiger partial charge in [0.25, 0.3) is 5.91 Å². The van der Waals surface area contributed by atoms with Crippen molar-refractivity contribution < 1.29 is 4.79 Å². The van der Waals surface area contributed by atoms with Crippen LogP contribution in [0.25, 0.3) is 26.1 Å². The van der Waals surface area contributed by atoms with Gasteiger partial charge < -0.3 is 19.7 Å². The molecule has 5 heterocycles. The maximum atomic E-state index is 13.7. The fourth-order valence-corrected chi connectivity index (χ4v) is 6.03. The summed E-state index contributed by atoms with van der Waals surface area (Å²) in [5.41, 5.74) is 2.23. The summed E-state index contributed by atoms with van der Waals surface area (Å²) in [4.78, 5) is 41.5. The lowest BCUT2D eigenvalue weighted by Crippen LogP contribution is -2.31. The van der Waals surface area contributed by atoms with Gasteiger partial charge in [0.15, 0.2) is 5.65 Å². The number of carbonyl (C=O) groups excluding carboxylic acids is 1. The third-order valence-corrected chi connectivity index (χ3v) is 8.04. The molecule has 1 N–H and O–H groups in total. The van der Waals surface area contributed by atoms with Gasteiger partial charge in [-0.2, -0.15) is 0 Å². The predicted octanol–water partition coefficient (Wildman–Crippen LogP) is 2.87. The van der Waals surface area contributed by atoms with Crippen LogP contribution in [0.3, 0.4) is 0 Å². The SMILES string of the molecule is CN1CCCN(c2ccc3c(=O)c(C(=O)NCc4cncn4C)c4sc5ccccc5n4c3n2)CC1. The Kier molecular flexibility index (Phi) is 5.69. The Hall–Kier alpha value is -3.76. The second kappa shape index (κ2) is 9.03. The van der Waals surface area contributed by atoms with Crippen molar-refractivity contribution in [1.82, 2.24) is 29.2 Å². The largest absolute Gasteiger partial charge is 0.355 e. The summed E-state index contributed by atoms with van der Waals surface area (Å²) in [5, 5.41) is 3.36. The number of benzene rings is 1. The average Bonchev–Trinajstić information content (AvgIpc) is 3.40. The van der Waals surface area contributed by atoms with Crippen LogP contribution < -0.4 is 15.6 Å². The number of para-hydroxylation sites is 1. The molecule has 1 fully saturated rings. The highest BCUT2D eigenvalue weighted by atomic mass is 32.1. The van der Waals surface area contributed by atoms with Crippen LogP contribution >= 0.6 is 11.3 Å². The van der Waals surface area contributed by atoms with E-state index in [0.717, 1.165) is 54.3 Å². The number of aromatic nitrogens is 4. The van der Waals surface area contributed by atoms with Crippen molar-refractivity contribution in [3.05, 3.63) is 70.4 Å². The van der Waals surface area contributed by atoms with Crippen LogP contribution in [-0.4, -0.2) is 63.0 Å². The second-order valence-electron chi connectivity index (χ2n) is 9.28. The van der Waals surface area contributed by atoms with Crippen molar-refractivity contribution in [2.45, 2.75) is 13.0 Å². The maximum absolute atomic E-state index is 13.7. The van der Waals surface area contributed by atoms with Gasteiger partial charge in [-0.3, -0.25) is 14.0 Å². The molecule has 184 valence electrons. The van der Waals surface area contributed by atoms with Crippen LogP contribution in [0, 0.1) is 0 Å². The first-order chi connectivity index (χ1) is 17.5. The molecule has 10 heteroatoms. The summed E-state index contributed by atoms with van der Waals surface area (Å²) in [6.07, 6.45) is 4.44. The Balaban J connectivity index is 1.52. The van der Waals surface area contributed by atoms with Crippen LogP contribution in [0.2, 0.25) is 0 Å². The standard InChI is InChI=1S/C26H27N7O2S/c1-30-10-5-11-32(13-12-30)21-9-8-18-23(34)22(25(35)28-15-17-14-27-16-31(17)2)26-33(24(18)29-21)19-6-3-4-7-20(19)36-26/h3-4,6-9,14,16H,5,10-13,15H2,1-2H3,(H,28,35). The number of nitrogens with zero attached hydrogens (tertiary/aromatic N) is 6. The number of amides is 1. The number of thiazole rings is 1. The van der Waals surface area contributed by atoms with Crippen LogP contribution in [0.1, 0.15) is 22.5 Å². The molecule has 0 aliphatic carbocycles. The molecule has 6 rings (SSSR count). The number of aryl methyl sites for hydroxylation is 1. The molecule has 36 heavy (non-hydrogen) atoms. The summed E-state index contributed by atoms with van der Waals surface area (Å²) in [6.45, 7) is 4.10. The molecule has 9 nitrogen and oxygen atoms in total. The Morgan fingerprint density at radius 1 is 1.08 bits per heavy atom. The summed E-state index contributed by atoms with van der Waals surface area (Å²) >= 11 is 1.44. The molecule has 1 amide bonds. The molecular formula is C26H27N7O2S. The van der Waals surface area contributed by atoms with Crippen molar-refractivity contribution in [3.63, 3.8) is 0 Å². The lowest BCUT2D eigenvalue weighted by Gasteiger charge is -2.22. The predicted molar refractivity (Wildman–Crippen MR) is 143 cm³/mol. The third kappa shape index (κ3) is 3.82. The summed E-state index contributed by atoms with van der Waals surface area (Å²) < 4.78 is 4.81. The summed E-state index contributed by atoms with van der Waals surface area (Å²) in [6, 6.07) is 11.7. The van der Waals surface area contributed by atoms with Gasteiger partial charge in [-0.15, -0.1) is 11.3 Å². The van der Waals surface area contributed by atoms with Crippen molar-refractivity contribution in [2.75, 3.05) is 38.1 Å². The monoisotopic (exact) mass is 501 g/mol. The highest BCUT2D eigenvalue weighted by molar-refractivity contribution is 7.24. The molecule has 0 saturated carbocycles. The number of rotatable bonds is 4. The van der Waals surface area contributed by atoms with Crippen LogP contribution in [-0.2, 0) is 13.6 Å². The first-order valence-electron chi connectivity index (χ1n) is 12.0. The molecule has 0 bridgehead atoms. The Labute approximate surface area is 211 Å². The van der Waals surface area contributed by atoms with E-state index in [2.05, 4.69) is 27.1 Å². The van der Waals surface area contributed by atoms with Gasteiger partial charge >= 0.3 is 0 Å². The number of nitrogens with one attached hydrogen (secondary N) is 1. The Morgan fingerprint density at radius 2 is 1.94 bits per heavy atom. The Bertz CT molecular complexity index is 1670. The van der Waals surface area contributed by atoms with Crippen molar-refractivity contribution in [2.24, 2.45) is 7.05 Å². The molecule has 1 aliphatic heterocycles. The fraction of sp³-hybridized carbons (Fsp3) is 0.308. The molecular weight excluding hydrogens is 474 g/mol. The van der Waals surface area contributed by atoms with Crippen LogP contribution in [0.4, 0.5) is 5.82 Å². The smallest absolute Gasteiger partial charge is 0.258 e. The zero-order valence-electron chi connectivity index (χ0n) is 20.3. The third-order valence-electron chi connectivity index (χ3n) is 6.89. The van der Waals surface area contributed by atoms with Gasteiger partial charge in [-0.05, 0) is 44.3 Å². The highest BCUT2D eigenvalue weighted by Gasteiger charge is 2.24. The lowest BCUT2D eigenvalue weighted by molar-refractivity contribution is 0.0951. The van der Waals surface area contributed by atoms with E-state index in [4.69, 9.17) is 4.98 Å². The van der Waals surface area contributed by atoms with E-state index in [1.54, 1.807) is 12.5 Å². The highest BCUT2D eigenvalue weighted by Crippen LogP contribution is 2.31. The number of hydrogen-bond donors (Lipinski definition) is 1. The number of fused-ring (bicyclic) bond motifs is 5. The van der Waals surface area contributed by atoms with E-state index >= 15 is 0 Å². The van der Waals surface area contributed by atoms with E-state index in [1.165, 1.54) is 11.3 Å². The molecule has 0 atom stereocenters. The van der Waals surface area contributed by atoms with E-state index in [1.807, 2.05) is 52.4 Å². The Morgan fingerprint density at radius 3 is 2.78 bits per heavy atom. The molecule has 1 aliphatic rings. The lowest BCUT2D eigenvalue weighted by atomic mass is 10.1.